The summed E-state index contributed by atoms with van der Waals surface area (Å²) in [6, 6.07) is 19.8. The maximum atomic E-state index is 12.4. The van der Waals surface area contributed by atoms with Gasteiger partial charge in [0.15, 0.2) is 0 Å². The Bertz CT molecular complexity index is 1620. The Morgan fingerprint density at radius 2 is 1.86 bits per heavy atom. The second-order valence-electron chi connectivity index (χ2n) is 11.0. The van der Waals surface area contributed by atoms with Crippen molar-refractivity contribution in [3.63, 3.8) is 0 Å². The lowest BCUT2D eigenvalue weighted by Gasteiger charge is -2.32. The zero-order valence-corrected chi connectivity index (χ0v) is 23.9. The topological polar surface area (TPSA) is 100 Å². The Kier molecular flexibility index (Phi) is 8.34. The number of pyridine rings is 1. The maximum absolute atomic E-state index is 12.4. The highest BCUT2D eigenvalue weighted by atomic mass is 16.2. The molecule has 9 nitrogen and oxygen atoms in total. The van der Waals surface area contributed by atoms with E-state index in [0.29, 0.717) is 18.2 Å². The molecule has 2 aromatic carbocycles. The zero-order valence-electron chi connectivity index (χ0n) is 23.9. The van der Waals surface area contributed by atoms with Gasteiger partial charge in [-0.3, -0.25) is 4.98 Å². The molecule has 0 spiro atoms. The van der Waals surface area contributed by atoms with E-state index in [1.807, 2.05) is 49.4 Å². The molecule has 1 saturated heterocycles. The second-order valence-corrected chi connectivity index (χ2v) is 11.0. The number of aromatic nitrogens is 4. The number of nitrogens with one attached hydrogen (secondary N) is 2. The van der Waals surface area contributed by atoms with Crippen LogP contribution >= 0.6 is 0 Å². The Balaban J connectivity index is 1.16. The number of amides is 2. The Hall–Kier alpha value is -4.41. The van der Waals surface area contributed by atoms with Crippen molar-refractivity contribution in [2.45, 2.75) is 39.2 Å². The summed E-state index contributed by atoms with van der Waals surface area (Å²) in [4.78, 5) is 23.4. The molecule has 3 aromatic heterocycles. The van der Waals surface area contributed by atoms with Gasteiger partial charge in [-0.05, 0) is 87.1 Å². The number of nitrogens with zero attached hydrogens (tertiary/aromatic N) is 5. The van der Waals surface area contributed by atoms with Crippen LogP contribution in [0.4, 0.5) is 10.5 Å². The lowest BCUT2D eigenvalue weighted by molar-refractivity contribution is 0.237. The van der Waals surface area contributed by atoms with Crippen molar-refractivity contribution in [1.29, 1.82) is 0 Å². The first-order chi connectivity index (χ1) is 20.5. The van der Waals surface area contributed by atoms with Crippen LogP contribution in [0.1, 0.15) is 24.8 Å². The monoisotopic (exact) mass is 561 g/mol. The van der Waals surface area contributed by atoms with Crippen molar-refractivity contribution >= 4 is 29.7 Å². The van der Waals surface area contributed by atoms with Gasteiger partial charge in [0.25, 0.3) is 0 Å². The number of rotatable bonds is 9. The van der Waals surface area contributed by atoms with Crippen molar-refractivity contribution in [2.24, 2.45) is 5.92 Å². The number of fused-ring (bicyclic) bond motifs is 1. The van der Waals surface area contributed by atoms with Crippen LogP contribution in [0, 0.1) is 5.92 Å². The van der Waals surface area contributed by atoms with E-state index < -0.39 is 0 Å². The SMILES string of the molecule is CB(O)N1CCC(CCn2ccnc2-c2cn(-c3ccc(NC(=O)NCc4cccnc4)cc3)c3ccccc23)CC1. The molecule has 3 N–H and O–H groups in total. The summed E-state index contributed by atoms with van der Waals surface area (Å²) in [6.45, 7) is 5.09. The first-order valence-electron chi connectivity index (χ1n) is 14.6. The third kappa shape index (κ3) is 6.24. The molecule has 1 aliphatic heterocycles. The molecule has 6 rings (SSSR count). The van der Waals surface area contributed by atoms with E-state index in [1.54, 1.807) is 12.4 Å². The minimum atomic E-state index is -0.363. The number of piperidine rings is 1. The van der Waals surface area contributed by atoms with Gasteiger partial charge in [-0.15, -0.1) is 0 Å². The smallest absolute Gasteiger partial charge is 0.376 e. The molecule has 214 valence electrons. The van der Waals surface area contributed by atoms with Gasteiger partial charge >= 0.3 is 13.1 Å². The number of anilines is 1. The largest absolute Gasteiger partial charge is 0.437 e. The molecule has 0 unspecified atom stereocenters. The van der Waals surface area contributed by atoms with Gasteiger partial charge < -0.3 is 29.6 Å². The van der Waals surface area contributed by atoms with E-state index in [-0.39, 0.29) is 13.1 Å². The molecule has 0 saturated carbocycles. The summed E-state index contributed by atoms with van der Waals surface area (Å²) >= 11 is 0. The molecule has 10 heteroatoms. The fourth-order valence-corrected chi connectivity index (χ4v) is 5.81. The quantitative estimate of drug-likeness (QED) is 0.209. The fourth-order valence-electron chi connectivity index (χ4n) is 5.81. The number of imidazole rings is 1. The molecule has 1 aliphatic rings. The first-order valence-corrected chi connectivity index (χ1v) is 14.6. The third-order valence-electron chi connectivity index (χ3n) is 8.20. The average Bonchev–Trinajstić information content (AvgIpc) is 3.65. The average molecular weight is 561 g/mol. The lowest BCUT2D eigenvalue weighted by Crippen LogP contribution is -2.43. The van der Waals surface area contributed by atoms with E-state index >= 15 is 0 Å². The van der Waals surface area contributed by atoms with Gasteiger partial charge in [-0.25, -0.2) is 9.78 Å². The number of hydrogen-bond donors (Lipinski definition) is 3. The number of aryl methyl sites for hydroxylation is 1. The standard InChI is InChI=1S/C32H36BN7O2/c1-33(42)39-18-13-24(14-19-39)12-17-38-20-16-35-31(38)29-23-40(30-7-3-2-6-28(29)30)27-10-8-26(9-11-27)37-32(41)36-22-25-5-4-15-34-21-25/h2-11,15-16,20-21,23-24,42H,12-14,17-19,22H2,1H3,(H2,36,37,41). The summed E-state index contributed by atoms with van der Waals surface area (Å²) in [7, 11) is -0.363. The van der Waals surface area contributed by atoms with Crippen LogP contribution in [-0.4, -0.2) is 55.1 Å². The van der Waals surface area contributed by atoms with Crippen molar-refractivity contribution in [3.8, 4) is 17.1 Å². The van der Waals surface area contributed by atoms with Crippen LogP contribution in [0.15, 0.2) is 91.6 Å². The predicted octanol–water partition coefficient (Wildman–Crippen LogP) is 5.42. The van der Waals surface area contributed by atoms with Crippen LogP contribution < -0.4 is 10.6 Å². The molecule has 5 aromatic rings. The van der Waals surface area contributed by atoms with Crippen molar-refractivity contribution in [3.05, 3.63) is 97.2 Å². The number of carbonyl (C=O) groups is 1. The second kappa shape index (κ2) is 12.6. The molecular weight excluding hydrogens is 525 g/mol. The maximum Gasteiger partial charge on any atom is 0.376 e. The van der Waals surface area contributed by atoms with Crippen LogP contribution in [-0.2, 0) is 13.1 Å². The highest BCUT2D eigenvalue weighted by molar-refractivity contribution is 6.45. The zero-order chi connectivity index (χ0) is 28.9. The summed E-state index contributed by atoms with van der Waals surface area (Å²) in [5.41, 5.74) is 4.85. The highest BCUT2D eigenvalue weighted by Gasteiger charge is 2.24. The third-order valence-corrected chi connectivity index (χ3v) is 8.20. The molecule has 0 bridgehead atoms. The molecule has 4 heterocycles. The molecule has 2 amide bonds. The van der Waals surface area contributed by atoms with E-state index in [1.165, 1.54) is 0 Å². The molecule has 1 fully saturated rings. The van der Waals surface area contributed by atoms with Crippen LogP contribution in [0.2, 0.25) is 6.82 Å². The molecule has 0 atom stereocenters. The summed E-state index contributed by atoms with van der Waals surface area (Å²) < 4.78 is 4.45. The minimum Gasteiger partial charge on any atom is -0.437 e. The van der Waals surface area contributed by atoms with Gasteiger partial charge in [0.2, 0.25) is 0 Å². The van der Waals surface area contributed by atoms with E-state index in [0.717, 1.165) is 72.4 Å². The Morgan fingerprint density at radius 1 is 1.05 bits per heavy atom. The number of hydrogen-bond acceptors (Lipinski definition) is 5. The van der Waals surface area contributed by atoms with Gasteiger partial charge in [-0.1, -0.05) is 24.3 Å². The van der Waals surface area contributed by atoms with E-state index in [2.05, 4.69) is 66.2 Å². The predicted molar refractivity (Wildman–Crippen MR) is 167 cm³/mol. The highest BCUT2D eigenvalue weighted by Crippen LogP contribution is 2.33. The van der Waals surface area contributed by atoms with E-state index in [9.17, 15) is 9.82 Å². The van der Waals surface area contributed by atoms with Crippen molar-refractivity contribution < 1.29 is 9.82 Å². The van der Waals surface area contributed by atoms with Gasteiger partial charge in [-0.2, -0.15) is 0 Å². The normalized spacial score (nSPS) is 14.2. The van der Waals surface area contributed by atoms with Gasteiger partial charge in [0, 0.05) is 66.4 Å². The van der Waals surface area contributed by atoms with Crippen LogP contribution in [0.25, 0.3) is 28.0 Å². The number of carbonyl (C=O) groups excluding carboxylic acids is 1. The molecular formula is C32H36BN7O2. The number of urea groups is 1. The summed E-state index contributed by atoms with van der Waals surface area (Å²) in [6.07, 6.45) is 12.9. The van der Waals surface area contributed by atoms with Crippen LogP contribution in [0.5, 0.6) is 0 Å². The Morgan fingerprint density at radius 3 is 2.62 bits per heavy atom. The number of para-hydroxylation sites is 1. The molecule has 42 heavy (non-hydrogen) atoms. The Labute approximate surface area is 246 Å². The van der Waals surface area contributed by atoms with Gasteiger partial charge in [0.1, 0.15) is 5.82 Å². The van der Waals surface area contributed by atoms with Gasteiger partial charge in [0.05, 0.1) is 5.52 Å². The minimum absolute atomic E-state index is 0.263. The summed E-state index contributed by atoms with van der Waals surface area (Å²) in [5.74, 6) is 1.62. The summed E-state index contributed by atoms with van der Waals surface area (Å²) in [5, 5.41) is 16.8. The molecule has 0 radical (unpaired) electrons. The first kappa shape index (κ1) is 27.7. The molecule has 0 aliphatic carbocycles. The number of benzene rings is 2. The van der Waals surface area contributed by atoms with E-state index in [4.69, 9.17) is 4.98 Å². The fraction of sp³-hybridized carbons (Fsp3) is 0.281. The van der Waals surface area contributed by atoms with Crippen molar-refractivity contribution in [2.75, 3.05) is 18.4 Å². The van der Waals surface area contributed by atoms with Crippen molar-refractivity contribution in [1.82, 2.24) is 29.2 Å². The lowest BCUT2D eigenvalue weighted by atomic mass is 9.80. The van der Waals surface area contributed by atoms with Crippen LogP contribution in [0.3, 0.4) is 0 Å².